The Balaban J connectivity index is 2.50. The Morgan fingerprint density at radius 1 is 0.944 bits per heavy atom. The maximum absolute atomic E-state index is 10.9. The molecule has 3 heteroatoms. The molecule has 0 aromatic heterocycles. The summed E-state index contributed by atoms with van der Waals surface area (Å²) in [6.45, 7) is 0. The summed E-state index contributed by atoms with van der Waals surface area (Å²) in [6.07, 6.45) is 0.864. The van der Waals surface area contributed by atoms with Crippen molar-refractivity contribution in [3.63, 3.8) is 0 Å². The molecule has 0 heterocycles. The molecule has 0 atom stereocenters. The summed E-state index contributed by atoms with van der Waals surface area (Å²) >= 11 is 9.53. The minimum Gasteiger partial charge on any atom is -0.298 e. The van der Waals surface area contributed by atoms with E-state index in [9.17, 15) is 4.79 Å². The Bertz CT molecular complexity index is 780. The van der Waals surface area contributed by atoms with Crippen LogP contribution < -0.4 is 0 Å². The van der Waals surface area contributed by atoms with Crippen LogP contribution >= 0.6 is 27.5 Å². The van der Waals surface area contributed by atoms with Crippen molar-refractivity contribution in [1.82, 2.24) is 0 Å². The predicted molar refractivity (Wildman–Crippen MR) is 79.6 cm³/mol. The van der Waals surface area contributed by atoms with Crippen LogP contribution in [0, 0.1) is 0 Å². The lowest BCUT2D eigenvalue weighted by atomic mass is 10.0. The lowest BCUT2D eigenvalue weighted by Gasteiger charge is -2.06. The van der Waals surface area contributed by atoms with Crippen LogP contribution in [-0.4, -0.2) is 6.29 Å². The third kappa shape index (κ3) is 1.82. The minimum atomic E-state index is 0.682. The lowest BCUT2D eigenvalue weighted by molar-refractivity contribution is 0.112. The zero-order valence-corrected chi connectivity index (χ0v) is 11.6. The minimum absolute atomic E-state index is 0.682. The standard InChI is InChI=1S/C15H8BrClO/c16-14-7-13-11(6-15(14)17)4-3-10-2-1-9(8-18)5-12(10)13/h1-8H. The Morgan fingerprint density at radius 3 is 2.39 bits per heavy atom. The highest BCUT2D eigenvalue weighted by Gasteiger charge is 2.05. The molecule has 0 bridgehead atoms. The largest absolute Gasteiger partial charge is 0.298 e. The van der Waals surface area contributed by atoms with Gasteiger partial charge in [-0.3, -0.25) is 4.79 Å². The number of aldehydes is 1. The number of fused-ring (bicyclic) bond motifs is 3. The number of benzene rings is 3. The number of halogens is 2. The summed E-state index contributed by atoms with van der Waals surface area (Å²) in [4.78, 5) is 10.9. The lowest BCUT2D eigenvalue weighted by Crippen LogP contribution is -1.83. The van der Waals surface area contributed by atoms with Crippen molar-refractivity contribution >= 4 is 55.4 Å². The molecule has 0 saturated carbocycles. The van der Waals surface area contributed by atoms with Crippen LogP contribution in [0.2, 0.25) is 5.02 Å². The normalized spacial score (nSPS) is 11.0. The Morgan fingerprint density at radius 2 is 1.61 bits per heavy atom. The van der Waals surface area contributed by atoms with Gasteiger partial charge in [0, 0.05) is 10.0 Å². The van der Waals surface area contributed by atoms with Gasteiger partial charge in [0.2, 0.25) is 0 Å². The van der Waals surface area contributed by atoms with E-state index in [1.165, 1.54) is 0 Å². The third-order valence-electron chi connectivity index (χ3n) is 3.04. The number of rotatable bonds is 1. The first-order valence-electron chi connectivity index (χ1n) is 5.46. The van der Waals surface area contributed by atoms with Crippen molar-refractivity contribution in [2.45, 2.75) is 0 Å². The van der Waals surface area contributed by atoms with Crippen LogP contribution in [0.1, 0.15) is 10.4 Å². The smallest absolute Gasteiger partial charge is 0.150 e. The average Bonchev–Trinajstić information content (AvgIpc) is 2.39. The van der Waals surface area contributed by atoms with E-state index in [0.29, 0.717) is 10.6 Å². The average molecular weight is 320 g/mol. The van der Waals surface area contributed by atoms with E-state index >= 15 is 0 Å². The first-order valence-corrected chi connectivity index (χ1v) is 6.63. The van der Waals surface area contributed by atoms with E-state index in [1.54, 1.807) is 0 Å². The van der Waals surface area contributed by atoms with Crippen LogP contribution in [0.3, 0.4) is 0 Å². The first kappa shape index (κ1) is 11.7. The monoisotopic (exact) mass is 318 g/mol. The third-order valence-corrected chi connectivity index (χ3v) is 4.24. The molecule has 0 unspecified atom stereocenters. The number of hydrogen-bond acceptors (Lipinski definition) is 1. The fraction of sp³-hybridized carbons (Fsp3) is 0. The van der Waals surface area contributed by atoms with Crippen molar-refractivity contribution in [2.75, 3.05) is 0 Å². The van der Waals surface area contributed by atoms with Gasteiger partial charge < -0.3 is 0 Å². The summed E-state index contributed by atoms with van der Waals surface area (Å²) in [5.41, 5.74) is 0.682. The highest BCUT2D eigenvalue weighted by Crippen LogP contribution is 2.32. The van der Waals surface area contributed by atoms with E-state index in [1.807, 2.05) is 42.5 Å². The molecule has 88 valence electrons. The molecule has 0 radical (unpaired) electrons. The van der Waals surface area contributed by atoms with Gasteiger partial charge in [-0.15, -0.1) is 0 Å². The van der Waals surface area contributed by atoms with Gasteiger partial charge in [0.25, 0.3) is 0 Å². The van der Waals surface area contributed by atoms with Crippen LogP contribution in [0.15, 0.2) is 46.9 Å². The van der Waals surface area contributed by atoms with Gasteiger partial charge in [-0.05, 0) is 55.7 Å². The van der Waals surface area contributed by atoms with E-state index in [2.05, 4.69) is 15.9 Å². The van der Waals surface area contributed by atoms with Crippen LogP contribution in [0.25, 0.3) is 21.5 Å². The summed E-state index contributed by atoms with van der Waals surface area (Å²) in [7, 11) is 0. The molecule has 3 aromatic rings. The van der Waals surface area contributed by atoms with Gasteiger partial charge in [0.05, 0.1) is 5.02 Å². The summed E-state index contributed by atoms with van der Waals surface area (Å²) in [5, 5.41) is 5.02. The Labute approximate surface area is 117 Å². The molecule has 0 amide bonds. The van der Waals surface area contributed by atoms with Gasteiger partial charge in [-0.25, -0.2) is 0 Å². The van der Waals surface area contributed by atoms with Crippen molar-refractivity contribution in [2.24, 2.45) is 0 Å². The van der Waals surface area contributed by atoms with Gasteiger partial charge >= 0.3 is 0 Å². The molecule has 0 saturated heterocycles. The van der Waals surface area contributed by atoms with Crippen molar-refractivity contribution in [1.29, 1.82) is 0 Å². The number of hydrogen-bond donors (Lipinski definition) is 0. The fourth-order valence-corrected chi connectivity index (χ4v) is 2.65. The van der Waals surface area contributed by atoms with Crippen LogP contribution in [0.5, 0.6) is 0 Å². The molecule has 0 aliphatic carbocycles. The van der Waals surface area contributed by atoms with E-state index < -0.39 is 0 Å². The van der Waals surface area contributed by atoms with Crippen molar-refractivity contribution in [3.8, 4) is 0 Å². The Kier molecular flexibility index (Phi) is 2.84. The molecule has 0 aliphatic rings. The summed E-state index contributed by atoms with van der Waals surface area (Å²) in [5.74, 6) is 0. The quantitative estimate of drug-likeness (QED) is 0.444. The predicted octanol–water partition coefficient (Wildman–Crippen LogP) is 5.22. The van der Waals surface area contributed by atoms with E-state index in [0.717, 1.165) is 32.3 Å². The van der Waals surface area contributed by atoms with E-state index in [-0.39, 0.29) is 0 Å². The summed E-state index contributed by atoms with van der Waals surface area (Å²) < 4.78 is 0.862. The van der Waals surface area contributed by atoms with Crippen molar-refractivity contribution in [3.05, 3.63) is 57.5 Å². The van der Waals surface area contributed by atoms with Gasteiger partial charge in [0.1, 0.15) is 6.29 Å². The maximum Gasteiger partial charge on any atom is 0.150 e. The molecule has 3 rings (SSSR count). The molecule has 0 N–H and O–H groups in total. The zero-order chi connectivity index (χ0) is 12.7. The maximum atomic E-state index is 10.9. The molecule has 18 heavy (non-hydrogen) atoms. The van der Waals surface area contributed by atoms with Gasteiger partial charge in [-0.1, -0.05) is 35.9 Å². The molecule has 3 aromatic carbocycles. The van der Waals surface area contributed by atoms with Gasteiger partial charge in [0.15, 0.2) is 0 Å². The molecule has 0 aliphatic heterocycles. The zero-order valence-electron chi connectivity index (χ0n) is 9.28. The second kappa shape index (κ2) is 4.38. The highest BCUT2D eigenvalue weighted by molar-refractivity contribution is 9.10. The number of carbonyl (C=O) groups excluding carboxylic acids is 1. The molecule has 0 fully saturated rings. The Hall–Kier alpha value is -1.38. The second-order valence-electron chi connectivity index (χ2n) is 4.15. The fourth-order valence-electron chi connectivity index (χ4n) is 2.14. The topological polar surface area (TPSA) is 17.1 Å². The number of carbonyl (C=O) groups is 1. The van der Waals surface area contributed by atoms with Gasteiger partial charge in [-0.2, -0.15) is 0 Å². The molecular formula is C15H8BrClO. The highest BCUT2D eigenvalue weighted by atomic mass is 79.9. The molecule has 0 spiro atoms. The van der Waals surface area contributed by atoms with E-state index in [4.69, 9.17) is 11.6 Å². The van der Waals surface area contributed by atoms with Crippen molar-refractivity contribution < 1.29 is 4.79 Å². The van der Waals surface area contributed by atoms with Crippen LogP contribution in [0.4, 0.5) is 0 Å². The molecular weight excluding hydrogens is 312 g/mol. The SMILES string of the molecule is O=Cc1ccc2ccc3cc(Cl)c(Br)cc3c2c1. The second-order valence-corrected chi connectivity index (χ2v) is 5.41. The van der Waals surface area contributed by atoms with Crippen LogP contribution in [-0.2, 0) is 0 Å². The summed E-state index contributed by atoms with van der Waals surface area (Å²) in [6, 6.07) is 13.7. The first-order chi connectivity index (χ1) is 8.69. The molecule has 1 nitrogen and oxygen atoms in total.